The second kappa shape index (κ2) is 9.30. The number of rotatable bonds is 8. The van der Waals surface area contributed by atoms with E-state index in [4.69, 9.17) is 10.5 Å². The van der Waals surface area contributed by atoms with Crippen LogP contribution in [0.2, 0.25) is 0 Å². The zero-order valence-corrected chi connectivity index (χ0v) is 11.5. The van der Waals surface area contributed by atoms with E-state index >= 15 is 0 Å². The van der Waals surface area contributed by atoms with Crippen LogP contribution in [0, 0.1) is 0 Å². The van der Waals surface area contributed by atoms with Crippen molar-refractivity contribution in [1.82, 2.24) is 10.2 Å². The van der Waals surface area contributed by atoms with Gasteiger partial charge in [0, 0.05) is 39.2 Å². The lowest BCUT2D eigenvalue weighted by molar-refractivity contribution is -0.121. The van der Waals surface area contributed by atoms with Crippen molar-refractivity contribution in [1.29, 1.82) is 0 Å². The van der Waals surface area contributed by atoms with Crippen molar-refractivity contribution in [2.24, 2.45) is 5.73 Å². The zero-order valence-electron chi connectivity index (χ0n) is 11.5. The van der Waals surface area contributed by atoms with E-state index in [1.54, 1.807) is 0 Å². The number of nitrogens with two attached hydrogens (primary N) is 1. The normalized spacial score (nSPS) is 17.9. The maximum atomic E-state index is 11.4. The summed E-state index contributed by atoms with van der Waals surface area (Å²) < 4.78 is 5.75. The Morgan fingerprint density at radius 1 is 1.44 bits per heavy atom. The van der Waals surface area contributed by atoms with Gasteiger partial charge in [-0.15, -0.1) is 0 Å². The molecular weight excluding hydrogens is 230 g/mol. The van der Waals surface area contributed by atoms with Gasteiger partial charge >= 0.3 is 0 Å². The van der Waals surface area contributed by atoms with Crippen LogP contribution in [0.1, 0.15) is 32.6 Å². The Hall–Kier alpha value is -0.650. The van der Waals surface area contributed by atoms with Crippen LogP contribution < -0.4 is 11.1 Å². The molecule has 0 aliphatic carbocycles. The molecule has 106 valence electrons. The quantitative estimate of drug-likeness (QED) is 0.615. The van der Waals surface area contributed by atoms with E-state index in [1.165, 1.54) is 0 Å². The molecule has 1 rings (SSSR count). The van der Waals surface area contributed by atoms with E-state index in [2.05, 4.69) is 10.2 Å². The molecular formula is C13H27N3O2. The van der Waals surface area contributed by atoms with Crippen LogP contribution in [-0.2, 0) is 9.53 Å². The maximum Gasteiger partial charge on any atom is 0.221 e. The fourth-order valence-electron chi connectivity index (χ4n) is 2.18. The number of carbonyl (C=O) groups excluding carboxylic acids is 1. The van der Waals surface area contributed by atoms with E-state index < -0.39 is 0 Å². The largest absolute Gasteiger partial charge is 0.378 e. The lowest BCUT2D eigenvalue weighted by atomic mass is 10.1. The third-order valence-electron chi connectivity index (χ3n) is 3.27. The maximum absolute atomic E-state index is 11.4. The molecule has 0 bridgehead atoms. The molecule has 0 aromatic rings. The lowest BCUT2D eigenvalue weighted by Crippen LogP contribution is -2.39. The van der Waals surface area contributed by atoms with Crippen molar-refractivity contribution in [3.8, 4) is 0 Å². The van der Waals surface area contributed by atoms with Gasteiger partial charge in [-0.3, -0.25) is 4.79 Å². The Morgan fingerprint density at radius 3 is 2.78 bits per heavy atom. The van der Waals surface area contributed by atoms with Crippen molar-refractivity contribution in [3.63, 3.8) is 0 Å². The van der Waals surface area contributed by atoms with E-state index in [0.717, 1.165) is 52.0 Å². The zero-order chi connectivity index (χ0) is 13.2. The van der Waals surface area contributed by atoms with Crippen molar-refractivity contribution >= 4 is 5.91 Å². The molecule has 1 amide bonds. The molecule has 0 spiro atoms. The molecule has 0 aromatic carbocycles. The summed E-state index contributed by atoms with van der Waals surface area (Å²) in [6.45, 7) is 7.07. The second-order valence-electron chi connectivity index (χ2n) is 4.76. The summed E-state index contributed by atoms with van der Waals surface area (Å²) in [4.78, 5) is 13.7. The number of ether oxygens (including phenoxy) is 1. The molecule has 0 aromatic heterocycles. The average molecular weight is 257 g/mol. The lowest BCUT2D eigenvalue weighted by Gasteiger charge is -2.31. The molecule has 0 radical (unpaired) electrons. The van der Waals surface area contributed by atoms with Crippen molar-refractivity contribution in [2.45, 2.75) is 38.7 Å². The van der Waals surface area contributed by atoms with E-state index in [9.17, 15) is 4.79 Å². The third-order valence-corrected chi connectivity index (χ3v) is 3.27. The van der Waals surface area contributed by atoms with Crippen molar-refractivity contribution in [3.05, 3.63) is 0 Å². The summed E-state index contributed by atoms with van der Waals surface area (Å²) in [6, 6.07) is 0. The first-order valence-electron chi connectivity index (χ1n) is 7.07. The smallest absolute Gasteiger partial charge is 0.221 e. The number of likely N-dealkylation sites (tertiary alicyclic amines) is 1. The number of nitrogens with one attached hydrogen (secondary N) is 1. The van der Waals surface area contributed by atoms with Crippen LogP contribution in [0.4, 0.5) is 0 Å². The summed E-state index contributed by atoms with van der Waals surface area (Å²) in [5, 5.41) is 2.83. The van der Waals surface area contributed by atoms with Gasteiger partial charge < -0.3 is 20.7 Å². The molecule has 1 saturated heterocycles. The van der Waals surface area contributed by atoms with Crippen LogP contribution in [0.5, 0.6) is 0 Å². The first-order valence-corrected chi connectivity index (χ1v) is 7.07. The van der Waals surface area contributed by atoms with Gasteiger partial charge in [-0.25, -0.2) is 0 Å². The van der Waals surface area contributed by atoms with Crippen molar-refractivity contribution in [2.75, 3.05) is 39.3 Å². The monoisotopic (exact) mass is 257 g/mol. The highest BCUT2D eigenvalue weighted by Gasteiger charge is 2.19. The summed E-state index contributed by atoms with van der Waals surface area (Å²) >= 11 is 0. The highest BCUT2D eigenvalue weighted by Crippen LogP contribution is 2.13. The molecule has 1 aliphatic heterocycles. The van der Waals surface area contributed by atoms with Gasteiger partial charge in [0.1, 0.15) is 0 Å². The Morgan fingerprint density at radius 2 is 2.17 bits per heavy atom. The number of carbonyl (C=O) groups is 1. The van der Waals surface area contributed by atoms with E-state index in [0.29, 0.717) is 19.1 Å². The Kier molecular flexibility index (Phi) is 7.96. The molecule has 1 aliphatic rings. The Bertz CT molecular complexity index is 228. The summed E-state index contributed by atoms with van der Waals surface area (Å²) in [6.07, 6.45) is 4.07. The minimum atomic E-state index is 0.152. The molecule has 0 unspecified atom stereocenters. The minimum Gasteiger partial charge on any atom is -0.378 e. The summed E-state index contributed by atoms with van der Waals surface area (Å²) in [5.41, 5.74) is 5.43. The second-order valence-corrected chi connectivity index (χ2v) is 4.76. The first-order chi connectivity index (χ1) is 8.76. The van der Waals surface area contributed by atoms with Crippen LogP contribution in [0.15, 0.2) is 0 Å². The fourth-order valence-corrected chi connectivity index (χ4v) is 2.18. The predicted molar refractivity (Wildman–Crippen MR) is 72.4 cm³/mol. The Labute approximate surface area is 110 Å². The molecule has 5 heteroatoms. The standard InChI is InChI=1S/C13H27N3O2/c1-2-15-13(17)6-10-16-8-4-12(5-9-16)18-11-3-7-14/h12H,2-11,14H2,1H3,(H,15,17). The molecule has 0 atom stereocenters. The van der Waals surface area contributed by atoms with Crippen LogP contribution in [0.3, 0.4) is 0 Å². The fraction of sp³-hybridized carbons (Fsp3) is 0.923. The summed E-state index contributed by atoms with van der Waals surface area (Å²) in [7, 11) is 0. The van der Waals surface area contributed by atoms with Crippen molar-refractivity contribution < 1.29 is 9.53 Å². The van der Waals surface area contributed by atoms with Gasteiger partial charge in [0.15, 0.2) is 0 Å². The molecule has 18 heavy (non-hydrogen) atoms. The van der Waals surface area contributed by atoms with Crippen LogP contribution in [-0.4, -0.2) is 56.2 Å². The summed E-state index contributed by atoms with van der Waals surface area (Å²) in [5.74, 6) is 0.152. The van der Waals surface area contributed by atoms with Gasteiger partial charge in [0.05, 0.1) is 6.10 Å². The topological polar surface area (TPSA) is 67.6 Å². The average Bonchev–Trinajstić information content (AvgIpc) is 2.38. The predicted octanol–water partition coefficient (Wildman–Crippen LogP) is 0.342. The highest BCUT2D eigenvalue weighted by molar-refractivity contribution is 5.75. The van der Waals surface area contributed by atoms with Gasteiger partial charge in [0.25, 0.3) is 0 Å². The highest BCUT2D eigenvalue weighted by atomic mass is 16.5. The van der Waals surface area contributed by atoms with Crippen LogP contribution >= 0.6 is 0 Å². The van der Waals surface area contributed by atoms with Crippen LogP contribution in [0.25, 0.3) is 0 Å². The minimum absolute atomic E-state index is 0.152. The Balaban J connectivity index is 2.06. The molecule has 5 nitrogen and oxygen atoms in total. The van der Waals surface area contributed by atoms with Gasteiger partial charge in [-0.05, 0) is 32.7 Å². The third kappa shape index (κ3) is 6.33. The number of hydrogen-bond acceptors (Lipinski definition) is 4. The molecule has 1 heterocycles. The SMILES string of the molecule is CCNC(=O)CCN1CCC(OCCCN)CC1. The number of nitrogens with zero attached hydrogens (tertiary/aromatic N) is 1. The number of amides is 1. The number of piperidine rings is 1. The van der Waals surface area contributed by atoms with Gasteiger partial charge in [0.2, 0.25) is 5.91 Å². The molecule has 0 saturated carbocycles. The number of hydrogen-bond donors (Lipinski definition) is 2. The van der Waals surface area contributed by atoms with E-state index in [1.807, 2.05) is 6.92 Å². The van der Waals surface area contributed by atoms with Gasteiger partial charge in [-0.1, -0.05) is 0 Å². The molecule has 1 fully saturated rings. The van der Waals surface area contributed by atoms with E-state index in [-0.39, 0.29) is 5.91 Å². The van der Waals surface area contributed by atoms with Gasteiger partial charge in [-0.2, -0.15) is 0 Å². The molecule has 3 N–H and O–H groups in total. The first kappa shape index (κ1) is 15.4.